The normalized spacial score (nSPS) is 11.6. The maximum atomic E-state index is 11.4. The number of ketones is 1. The standard InChI is InChI=1S/C5H8F3NO/c6-5(7,8)4(10)2-1-3-9/h1-3,9H2/p+1. The lowest BCUT2D eigenvalue weighted by molar-refractivity contribution is -0.368. The van der Waals surface area contributed by atoms with Crippen molar-refractivity contribution >= 4 is 5.78 Å². The van der Waals surface area contributed by atoms with Crippen molar-refractivity contribution in [1.29, 1.82) is 0 Å². The second-order valence-corrected chi connectivity index (χ2v) is 1.88. The van der Waals surface area contributed by atoms with Crippen LogP contribution in [0.3, 0.4) is 0 Å². The molecule has 0 aliphatic carbocycles. The lowest BCUT2D eigenvalue weighted by atomic mass is 10.2. The molecule has 0 saturated heterocycles. The number of hydrogen-bond donors (Lipinski definition) is 1. The quantitative estimate of drug-likeness (QED) is 0.620. The van der Waals surface area contributed by atoms with Gasteiger partial charge in [0.05, 0.1) is 6.54 Å². The number of hydrogen-bond acceptors (Lipinski definition) is 1. The lowest BCUT2D eigenvalue weighted by Gasteiger charge is -2.01. The molecule has 0 unspecified atom stereocenters. The predicted octanol–water partition coefficient (Wildman–Crippen LogP) is 0.140. The van der Waals surface area contributed by atoms with E-state index in [-0.39, 0.29) is 6.42 Å². The number of rotatable bonds is 3. The van der Waals surface area contributed by atoms with E-state index in [0.717, 1.165) is 0 Å². The molecule has 5 heteroatoms. The van der Waals surface area contributed by atoms with Gasteiger partial charge in [-0.3, -0.25) is 4.79 Å². The predicted molar refractivity (Wildman–Crippen MR) is 28.1 cm³/mol. The Balaban J connectivity index is 3.64. The molecule has 0 bridgehead atoms. The average Bonchev–Trinajstić information content (AvgIpc) is 1.80. The Labute approximate surface area is 56.2 Å². The van der Waals surface area contributed by atoms with Crippen molar-refractivity contribution in [2.24, 2.45) is 0 Å². The van der Waals surface area contributed by atoms with E-state index in [1.165, 1.54) is 0 Å². The molecular weight excluding hydrogens is 147 g/mol. The van der Waals surface area contributed by atoms with E-state index < -0.39 is 18.4 Å². The Morgan fingerprint density at radius 3 is 2.20 bits per heavy atom. The molecule has 0 radical (unpaired) electrons. The Morgan fingerprint density at radius 2 is 1.90 bits per heavy atom. The van der Waals surface area contributed by atoms with E-state index in [4.69, 9.17) is 0 Å². The molecule has 0 aliphatic heterocycles. The van der Waals surface area contributed by atoms with Crippen LogP contribution in [0.2, 0.25) is 0 Å². The maximum Gasteiger partial charge on any atom is 0.449 e. The fourth-order valence-corrected chi connectivity index (χ4v) is 0.427. The Morgan fingerprint density at radius 1 is 1.40 bits per heavy atom. The van der Waals surface area contributed by atoms with Crippen LogP contribution < -0.4 is 5.73 Å². The largest absolute Gasteiger partial charge is 0.449 e. The second kappa shape index (κ2) is 3.55. The zero-order valence-electron chi connectivity index (χ0n) is 5.37. The van der Waals surface area contributed by atoms with E-state index in [2.05, 4.69) is 5.73 Å². The van der Waals surface area contributed by atoms with Crippen LogP contribution in [0.1, 0.15) is 12.8 Å². The van der Waals surface area contributed by atoms with Crippen LogP contribution in [-0.4, -0.2) is 18.5 Å². The number of carbonyl (C=O) groups excluding carboxylic acids is 1. The molecule has 0 saturated carbocycles. The van der Waals surface area contributed by atoms with E-state index in [1.54, 1.807) is 0 Å². The van der Waals surface area contributed by atoms with Crippen LogP contribution in [0.25, 0.3) is 0 Å². The van der Waals surface area contributed by atoms with Crippen molar-refractivity contribution in [2.75, 3.05) is 6.54 Å². The molecule has 10 heavy (non-hydrogen) atoms. The summed E-state index contributed by atoms with van der Waals surface area (Å²) in [6.45, 7) is 0.363. The van der Waals surface area contributed by atoms with Crippen LogP contribution in [0.5, 0.6) is 0 Å². The van der Waals surface area contributed by atoms with Gasteiger partial charge in [-0.25, -0.2) is 0 Å². The minimum Gasteiger partial charge on any atom is -0.358 e. The smallest absolute Gasteiger partial charge is 0.358 e. The van der Waals surface area contributed by atoms with Crippen molar-refractivity contribution in [3.63, 3.8) is 0 Å². The first-order valence-corrected chi connectivity index (χ1v) is 2.87. The molecule has 0 aliphatic rings. The highest BCUT2D eigenvalue weighted by Crippen LogP contribution is 2.17. The van der Waals surface area contributed by atoms with Crippen LogP contribution >= 0.6 is 0 Å². The van der Waals surface area contributed by atoms with Gasteiger partial charge in [-0.15, -0.1) is 0 Å². The highest BCUT2D eigenvalue weighted by molar-refractivity contribution is 5.83. The molecule has 0 amide bonds. The van der Waals surface area contributed by atoms with Gasteiger partial charge < -0.3 is 5.73 Å². The summed E-state index contributed by atoms with van der Waals surface area (Å²) >= 11 is 0. The monoisotopic (exact) mass is 156 g/mol. The van der Waals surface area contributed by atoms with E-state index >= 15 is 0 Å². The first-order chi connectivity index (χ1) is 4.48. The van der Waals surface area contributed by atoms with Gasteiger partial charge >= 0.3 is 6.18 Å². The Hall–Kier alpha value is -0.580. The third-order valence-corrected chi connectivity index (χ3v) is 0.970. The summed E-state index contributed by atoms with van der Waals surface area (Å²) in [7, 11) is 0. The van der Waals surface area contributed by atoms with Gasteiger partial charge in [0.25, 0.3) is 0 Å². The second-order valence-electron chi connectivity index (χ2n) is 1.88. The third-order valence-electron chi connectivity index (χ3n) is 0.970. The van der Waals surface area contributed by atoms with Crippen molar-refractivity contribution < 1.29 is 23.7 Å². The molecule has 2 nitrogen and oxygen atoms in total. The molecule has 0 rings (SSSR count). The lowest BCUT2D eigenvalue weighted by Crippen LogP contribution is -2.50. The van der Waals surface area contributed by atoms with E-state index in [9.17, 15) is 18.0 Å². The van der Waals surface area contributed by atoms with Crippen molar-refractivity contribution in [3.05, 3.63) is 0 Å². The van der Waals surface area contributed by atoms with Crippen LogP contribution in [0.4, 0.5) is 13.2 Å². The van der Waals surface area contributed by atoms with Crippen molar-refractivity contribution in [1.82, 2.24) is 0 Å². The Kier molecular flexibility index (Phi) is 3.35. The molecular formula is C5H9F3NO+. The zero-order valence-corrected chi connectivity index (χ0v) is 5.37. The SMILES string of the molecule is [NH3+]CCCC(=O)C(F)(F)F. The van der Waals surface area contributed by atoms with Crippen molar-refractivity contribution in [3.8, 4) is 0 Å². The first-order valence-electron chi connectivity index (χ1n) is 2.87. The summed E-state index contributed by atoms with van der Waals surface area (Å²) in [6, 6.07) is 0. The molecule has 60 valence electrons. The topological polar surface area (TPSA) is 44.7 Å². The third kappa shape index (κ3) is 3.45. The molecule has 0 aromatic heterocycles. The molecule has 0 atom stereocenters. The fourth-order valence-electron chi connectivity index (χ4n) is 0.427. The summed E-state index contributed by atoms with van der Waals surface area (Å²) < 4.78 is 34.2. The summed E-state index contributed by atoms with van der Waals surface area (Å²) in [5, 5.41) is 0. The molecule has 0 aromatic rings. The highest BCUT2D eigenvalue weighted by Gasteiger charge is 2.37. The minimum absolute atomic E-state index is 0.207. The van der Waals surface area contributed by atoms with E-state index in [1.807, 2.05) is 0 Å². The molecule has 0 aromatic carbocycles. The van der Waals surface area contributed by atoms with Gasteiger partial charge in [-0.05, 0) is 0 Å². The summed E-state index contributed by atoms with van der Waals surface area (Å²) in [5.41, 5.74) is 3.32. The maximum absolute atomic E-state index is 11.4. The minimum atomic E-state index is -4.66. The molecule has 3 N–H and O–H groups in total. The number of Topliss-reactive ketones (excluding diaryl/α,β-unsaturated/α-hetero) is 1. The Bertz CT molecular complexity index is 121. The number of quaternary nitrogens is 1. The van der Waals surface area contributed by atoms with Crippen molar-refractivity contribution in [2.45, 2.75) is 19.0 Å². The van der Waals surface area contributed by atoms with Crippen LogP contribution in [-0.2, 0) is 4.79 Å². The highest BCUT2D eigenvalue weighted by atomic mass is 19.4. The van der Waals surface area contributed by atoms with E-state index in [0.29, 0.717) is 6.54 Å². The summed E-state index contributed by atoms with van der Waals surface area (Å²) in [6.07, 6.45) is -4.89. The number of halogens is 3. The zero-order chi connectivity index (χ0) is 8.20. The summed E-state index contributed by atoms with van der Waals surface area (Å²) in [5.74, 6) is -1.66. The number of carbonyl (C=O) groups is 1. The van der Waals surface area contributed by atoms with Crippen LogP contribution in [0.15, 0.2) is 0 Å². The molecule has 0 heterocycles. The van der Waals surface area contributed by atoms with Gasteiger partial charge in [0.15, 0.2) is 0 Å². The average molecular weight is 156 g/mol. The summed E-state index contributed by atoms with van der Waals surface area (Å²) in [4.78, 5) is 10.1. The fraction of sp³-hybridized carbons (Fsp3) is 0.800. The van der Waals surface area contributed by atoms with Gasteiger partial charge in [0.1, 0.15) is 0 Å². The molecule has 0 fully saturated rings. The van der Waals surface area contributed by atoms with Crippen LogP contribution in [0, 0.1) is 0 Å². The number of alkyl halides is 3. The first kappa shape index (κ1) is 9.42. The van der Waals surface area contributed by atoms with Gasteiger partial charge in [-0.1, -0.05) is 0 Å². The van der Waals surface area contributed by atoms with Gasteiger partial charge in [0, 0.05) is 12.8 Å². The molecule has 0 spiro atoms. The van der Waals surface area contributed by atoms with Gasteiger partial charge in [0.2, 0.25) is 5.78 Å². The van der Waals surface area contributed by atoms with Gasteiger partial charge in [-0.2, -0.15) is 13.2 Å².